The summed E-state index contributed by atoms with van der Waals surface area (Å²) in [5.74, 6) is 4.64. The summed E-state index contributed by atoms with van der Waals surface area (Å²) in [6.45, 7) is 7.43. The van der Waals surface area contributed by atoms with Gasteiger partial charge in [0.1, 0.15) is 0 Å². The second kappa shape index (κ2) is 13.1. The van der Waals surface area contributed by atoms with E-state index in [1.54, 1.807) is 5.56 Å². The first-order valence-electron chi connectivity index (χ1n) is 20.0. The van der Waals surface area contributed by atoms with Crippen LogP contribution < -0.4 is 0 Å². The fraction of sp³-hybridized carbons (Fsp3) is 0.192. The minimum absolute atomic E-state index is 0.409. The van der Waals surface area contributed by atoms with E-state index in [-0.39, 0.29) is 0 Å². The van der Waals surface area contributed by atoms with Crippen LogP contribution in [0.1, 0.15) is 44.1 Å². The van der Waals surface area contributed by atoms with Gasteiger partial charge in [-0.2, -0.15) is 0 Å². The van der Waals surface area contributed by atoms with Gasteiger partial charge in [-0.15, -0.1) is 0 Å². The summed E-state index contributed by atoms with van der Waals surface area (Å²) in [6, 6.07) is 53.7. The summed E-state index contributed by atoms with van der Waals surface area (Å²) < 4.78 is 0. The molecule has 0 aliphatic heterocycles. The van der Waals surface area contributed by atoms with Gasteiger partial charge in [0.05, 0.1) is 6.57 Å². The Labute approximate surface area is 327 Å². The first kappa shape index (κ1) is 32.9. The van der Waals surface area contributed by atoms with E-state index in [0.717, 1.165) is 40.0 Å². The molecule has 0 N–H and O–H groups in total. The first-order valence-corrected chi connectivity index (χ1v) is 20.0. The molecule has 4 fully saturated rings. The molecule has 268 valence electrons. The highest BCUT2D eigenvalue weighted by Crippen LogP contribution is 2.60. The molecule has 4 heteroatoms. The molecule has 4 saturated carbocycles. The van der Waals surface area contributed by atoms with Crippen LogP contribution in [0.4, 0.5) is 5.69 Å². The number of rotatable bonds is 6. The molecule has 0 radical (unpaired) electrons. The van der Waals surface area contributed by atoms with E-state index in [1.807, 2.05) is 24.3 Å². The first-order chi connectivity index (χ1) is 27.6. The van der Waals surface area contributed by atoms with Crippen LogP contribution in [-0.4, -0.2) is 15.0 Å². The Bertz CT molecular complexity index is 2780. The van der Waals surface area contributed by atoms with Gasteiger partial charge in [0.2, 0.25) is 0 Å². The average molecular weight is 721 g/mol. The van der Waals surface area contributed by atoms with Crippen molar-refractivity contribution in [2.45, 2.75) is 43.9 Å². The number of hydrogen-bond donors (Lipinski definition) is 0. The van der Waals surface area contributed by atoms with Gasteiger partial charge in [-0.1, -0.05) is 146 Å². The third kappa shape index (κ3) is 5.69. The number of fused-ring (bicyclic) bond motifs is 3. The van der Waals surface area contributed by atoms with Gasteiger partial charge in [-0.25, -0.2) is 19.8 Å². The summed E-state index contributed by atoms with van der Waals surface area (Å²) in [4.78, 5) is 18.6. The molecule has 1 aromatic heterocycles. The Morgan fingerprint density at radius 1 is 0.446 bits per heavy atom. The zero-order chi connectivity index (χ0) is 37.2. The number of nitrogens with zero attached hydrogens (tertiary/aromatic N) is 4. The van der Waals surface area contributed by atoms with Crippen LogP contribution in [0.5, 0.6) is 0 Å². The van der Waals surface area contributed by atoms with E-state index >= 15 is 0 Å². The van der Waals surface area contributed by atoms with Crippen molar-refractivity contribution in [2.24, 2.45) is 17.8 Å². The highest BCUT2D eigenvalue weighted by atomic mass is 15.0. The molecule has 0 unspecified atom stereocenters. The van der Waals surface area contributed by atoms with E-state index in [1.165, 1.54) is 76.8 Å². The maximum atomic E-state index is 7.43. The number of hydrogen-bond acceptors (Lipinski definition) is 3. The minimum Gasteiger partial charge on any atom is -0.238 e. The SMILES string of the molecule is [C-]#[N+]c1ccc(-c2nc(-c3ccc(-c4ccc(C56CC7CC(CC(C7)C5)C6)cc4)cc3)nc(-c3ccc(-c4cc5ccccc5c5ccccc45)cc3)n2)cc1. The molecule has 8 aromatic rings. The lowest BCUT2D eigenvalue weighted by Gasteiger charge is -2.57. The van der Waals surface area contributed by atoms with Crippen LogP contribution in [0.15, 0.2) is 152 Å². The Hall–Kier alpha value is -6.44. The van der Waals surface area contributed by atoms with Crippen LogP contribution in [0, 0.1) is 24.3 Å². The zero-order valence-electron chi connectivity index (χ0n) is 31.2. The molecule has 56 heavy (non-hydrogen) atoms. The van der Waals surface area contributed by atoms with Gasteiger partial charge >= 0.3 is 0 Å². The predicted octanol–water partition coefficient (Wildman–Crippen LogP) is 13.5. The molecular weight excluding hydrogens is 681 g/mol. The molecular formula is C52H40N4. The van der Waals surface area contributed by atoms with E-state index in [0.29, 0.717) is 28.6 Å². The summed E-state index contributed by atoms with van der Waals surface area (Å²) in [7, 11) is 0. The van der Waals surface area contributed by atoms with Crippen LogP contribution >= 0.6 is 0 Å². The third-order valence-electron chi connectivity index (χ3n) is 13.1. The van der Waals surface area contributed by atoms with Crippen LogP contribution in [0.3, 0.4) is 0 Å². The van der Waals surface area contributed by atoms with Crippen LogP contribution in [0.25, 0.3) is 82.8 Å². The molecule has 0 spiro atoms. The van der Waals surface area contributed by atoms with Crippen molar-refractivity contribution in [1.82, 2.24) is 15.0 Å². The highest BCUT2D eigenvalue weighted by Gasteiger charge is 2.51. The normalized spacial score (nSPS) is 21.0. The van der Waals surface area contributed by atoms with Gasteiger partial charge in [0, 0.05) is 16.7 Å². The minimum atomic E-state index is 0.409. The van der Waals surface area contributed by atoms with Crippen molar-refractivity contribution < 1.29 is 0 Å². The maximum absolute atomic E-state index is 7.43. The molecule has 4 aliphatic carbocycles. The van der Waals surface area contributed by atoms with Gasteiger partial charge in [0.25, 0.3) is 0 Å². The fourth-order valence-electron chi connectivity index (χ4n) is 10.8. The molecule has 4 nitrogen and oxygen atoms in total. The Kier molecular flexibility index (Phi) is 7.71. The smallest absolute Gasteiger partial charge is 0.187 e. The van der Waals surface area contributed by atoms with Gasteiger partial charge in [-0.05, 0) is 117 Å². The van der Waals surface area contributed by atoms with E-state index < -0.39 is 0 Å². The van der Waals surface area contributed by atoms with Crippen molar-refractivity contribution in [2.75, 3.05) is 0 Å². The quantitative estimate of drug-likeness (QED) is 0.127. The summed E-state index contributed by atoms with van der Waals surface area (Å²) in [5.41, 5.74) is 10.0. The van der Waals surface area contributed by atoms with Crippen LogP contribution in [-0.2, 0) is 5.41 Å². The average Bonchev–Trinajstić information content (AvgIpc) is 3.26. The summed E-state index contributed by atoms with van der Waals surface area (Å²) >= 11 is 0. The molecule has 0 saturated heterocycles. The third-order valence-corrected chi connectivity index (χ3v) is 13.1. The summed E-state index contributed by atoms with van der Waals surface area (Å²) in [6.07, 6.45) is 8.57. The highest BCUT2D eigenvalue weighted by molar-refractivity contribution is 6.13. The van der Waals surface area contributed by atoms with E-state index in [2.05, 4.69) is 132 Å². The van der Waals surface area contributed by atoms with Crippen molar-refractivity contribution in [3.63, 3.8) is 0 Å². The van der Waals surface area contributed by atoms with E-state index in [4.69, 9.17) is 21.5 Å². The molecule has 0 atom stereocenters. The molecule has 1 heterocycles. The number of benzene rings is 7. The second-order valence-corrected chi connectivity index (χ2v) is 16.6. The van der Waals surface area contributed by atoms with Gasteiger partial charge in [-0.3, -0.25) is 0 Å². The van der Waals surface area contributed by atoms with Crippen molar-refractivity contribution in [1.29, 1.82) is 0 Å². The molecule has 12 rings (SSSR count). The zero-order valence-corrected chi connectivity index (χ0v) is 31.2. The lowest BCUT2D eigenvalue weighted by atomic mass is 9.48. The van der Waals surface area contributed by atoms with E-state index in [9.17, 15) is 0 Å². The fourth-order valence-corrected chi connectivity index (χ4v) is 10.8. The van der Waals surface area contributed by atoms with Gasteiger partial charge < -0.3 is 0 Å². The second-order valence-electron chi connectivity index (χ2n) is 16.6. The van der Waals surface area contributed by atoms with Gasteiger partial charge in [0.15, 0.2) is 23.2 Å². The topological polar surface area (TPSA) is 43.0 Å². The molecule has 4 bridgehead atoms. The monoisotopic (exact) mass is 720 g/mol. The maximum Gasteiger partial charge on any atom is 0.187 e. The molecule has 7 aromatic carbocycles. The Balaban J connectivity index is 0.928. The number of aromatic nitrogens is 3. The lowest BCUT2D eigenvalue weighted by molar-refractivity contribution is -0.00518. The Morgan fingerprint density at radius 2 is 0.875 bits per heavy atom. The Morgan fingerprint density at radius 3 is 1.41 bits per heavy atom. The lowest BCUT2D eigenvalue weighted by Crippen LogP contribution is -2.48. The largest absolute Gasteiger partial charge is 0.238 e. The van der Waals surface area contributed by atoms with Crippen LogP contribution in [0.2, 0.25) is 0 Å². The molecule has 0 amide bonds. The van der Waals surface area contributed by atoms with Crippen molar-refractivity contribution in [3.8, 4) is 56.4 Å². The van der Waals surface area contributed by atoms with Crippen molar-refractivity contribution >= 4 is 27.2 Å². The predicted molar refractivity (Wildman–Crippen MR) is 228 cm³/mol. The summed E-state index contributed by atoms with van der Waals surface area (Å²) in [5, 5.41) is 4.97. The standard InChI is InChI=1S/C52H40N4/c1-53-44-24-20-41(21-25-44)51-55-49(39-14-10-36(11-15-39)37-18-22-43(23-19-37)52-30-33-26-34(31-52)28-35(27-33)32-52)54-50(56-51)40-16-12-38(13-17-40)48-29-42-6-2-3-7-45(42)46-8-4-5-9-47(46)48/h2-25,29,33-35H,26-28,30-32H2. The molecule has 4 aliphatic rings. The van der Waals surface area contributed by atoms with Crippen molar-refractivity contribution in [3.05, 3.63) is 169 Å².